The van der Waals surface area contributed by atoms with Gasteiger partial charge >= 0.3 is 0 Å². The van der Waals surface area contributed by atoms with E-state index in [0.29, 0.717) is 12.2 Å². The van der Waals surface area contributed by atoms with Gasteiger partial charge in [-0.2, -0.15) is 0 Å². The van der Waals surface area contributed by atoms with Gasteiger partial charge in [0.05, 0.1) is 0 Å². The summed E-state index contributed by atoms with van der Waals surface area (Å²) in [5.74, 6) is -0.359. The van der Waals surface area contributed by atoms with E-state index in [2.05, 4.69) is 5.32 Å². The number of carbonyl (C=O) groups is 1. The molecule has 0 aliphatic rings. The van der Waals surface area contributed by atoms with Gasteiger partial charge in [0.15, 0.2) is 0 Å². The number of ether oxygens (including phenoxy) is 3. The van der Waals surface area contributed by atoms with E-state index in [-0.39, 0.29) is 5.24 Å². The smallest absolute Gasteiger partial charge is 0.283 e. The molecule has 1 amide bonds. The number of benzene rings is 1. The van der Waals surface area contributed by atoms with Gasteiger partial charge < -0.3 is 19.5 Å². The number of methoxy groups -OCH3 is 3. The van der Waals surface area contributed by atoms with Crippen molar-refractivity contribution in [3.63, 3.8) is 0 Å². The van der Waals surface area contributed by atoms with Gasteiger partial charge in [0, 0.05) is 39.2 Å². The van der Waals surface area contributed by atoms with E-state index in [9.17, 15) is 4.79 Å². The molecule has 0 atom stereocenters. The third-order valence-corrected chi connectivity index (χ3v) is 4.03. The summed E-state index contributed by atoms with van der Waals surface area (Å²) in [6.45, 7) is 1.96. The summed E-state index contributed by atoms with van der Waals surface area (Å²) < 4.78 is 15.6. The van der Waals surface area contributed by atoms with Gasteiger partial charge in [-0.25, -0.2) is 0 Å². The van der Waals surface area contributed by atoms with Crippen molar-refractivity contribution < 1.29 is 19.0 Å². The fraction of sp³-hybridized carbons (Fsp3) is 0.533. The van der Waals surface area contributed by atoms with Crippen molar-refractivity contribution in [2.24, 2.45) is 0 Å². The molecule has 0 radical (unpaired) electrons. The number of hydrogen-bond acceptors (Lipinski definition) is 5. The molecule has 6 heteroatoms. The largest absolute Gasteiger partial charge is 0.331 e. The second-order valence-electron chi connectivity index (χ2n) is 4.47. The molecule has 1 rings (SSSR count). The molecule has 0 spiro atoms. The number of carbonyl (C=O) groups excluding carboxylic acids is 1. The van der Waals surface area contributed by atoms with Gasteiger partial charge in [0.1, 0.15) is 0 Å². The van der Waals surface area contributed by atoms with Crippen molar-refractivity contribution in [1.82, 2.24) is 0 Å². The van der Waals surface area contributed by atoms with Gasteiger partial charge in [-0.15, -0.1) is 0 Å². The Kier molecular flexibility index (Phi) is 7.74. The fourth-order valence-electron chi connectivity index (χ4n) is 1.87. The van der Waals surface area contributed by atoms with Crippen LogP contribution < -0.4 is 5.32 Å². The van der Waals surface area contributed by atoms with E-state index < -0.39 is 5.97 Å². The summed E-state index contributed by atoms with van der Waals surface area (Å²) in [4.78, 5) is 11.9. The zero-order valence-electron chi connectivity index (χ0n) is 13.0. The number of thioether (sulfide) groups is 1. The minimum atomic E-state index is -1.02. The summed E-state index contributed by atoms with van der Waals surface area (Å²) >= 11 is 1.24. The van der Waals surface area contributed by atoms with Crippen molar-refractivity contribution in [3.8, 4) is 0 Å². The van der Waals surface area contributed by atoms with Crippen molar-refractivity contribution in [2.75, 3.05) is 32.4 Å². The normalized spacial score (nSPS) is 11.4. The van der Waals surface area contributed by atoms with Crippen LogP contribution in [0.25, 0.3) is 0 Å². The number of anilines is 1. The van der Waals surface area contributed by atoms with Crippen LogP contribution in [0.15, 0.2) is 24.3 Å². The Morgan fingerprint density at radius 2 is 1.81 bits per heavy atom. The number of amides is 1. The number of para-hydroxylation sites is 1. The van der Waals surface area contributed by atoms with Crippen LogP contribution in [0.3, 0.4) is 0 Å². The summed E-state index contributed by atoms with van der Waals surface area (Å²) in [6.07, 6.45) is 1.29. The minimum Gasteiger partial charge on any atom is -0.331 e. The van der Waals surface area contributed by atoms with Crippen LogP contribution in [0.4, 0.5) is 10.5 Å². The van der Waals surface area contributed by atoms with Gasteiger partial charge in [-0.05, 0) is 25.0 Å². The minimum absolute atomic E-state index is 0.0675. The quantitative estimate of drug-likeness (QED) is 0.586. The Bertz CT molecular complexity index is 441. The van der Waals surface area contributed by atoms with Crippen molar-refractivity contribution >= 4 is 22.7 Å². The van der Waals surface area contributed by atoms with Gasteiger partial charge in [0.25, 0.3) is 11.2 Å². The lowest BCUT2D eigenvalue weighted by Gasteiger charge is -2.28. The fourth-order valence-corrected chi connectivity index (χ4v) is 2.53. The zero-order chi connectivity index (χ0) is 15.7. The van der Waals surface area contributed by atoms with E-state index in [4.69, 9.17) is 14.2 Å². The van der Waals surface area contributed by atoms with Crippen LogP contribution >= 0.6 is 11.8 Å². The Balaban J connectivity index is 2.33. The van der Waals surface area contributed by atoms with E-state index in [1.165, 1.54) is 33.1 Å². The highest BCUT2D eigenvalue weighted by atomic mass is 32.2. The van der Waals surface area contributed by atoms with Crippen LogP contribution in [0.2, 0.25) is 0 Å². The maximum absolute atomic E-state index is 11.9. The summed E-state index contributed by atoms with van der Waals surface area (Å²) in [5, 5.41) is 2.81. The molecule has 0 aliphatic heterocycles. The first-order chi connectivity index (χ1) is 10.1. The number of hydrogen-bond donors (Lipinski definition) is 1. The standard InChI is InChI=1S/C15H23NO4S/c1-12-8-5-6-9-13(12)16-14(17)21-11-7-10-15(18-2,19-3)20-4/h5-6,8-9H,7,10-11H2,1-4H3,(H,16,17). The van der Waals surface area contributed by atoms with Crippen molar-refractivity contribution in [3.05, 3.63) is 29.8 Å². The van der Waals surface area contributed by atoms with Crippen molar-refractivity contribution in [1.29, 1.82) is 0 Å². The molecular weight excluding hydrogens is 290 g/mol. The molecule has 0 saturated carbocycles. The average Bonchev–Trinajstić information content (AvgIpc) is 2.50. The maximum atomic E-state index is 11.9. The molecular formula is C15H23NO4S. The predicted octanol–water partition coefficient (Wildman–Crippen LogP) is 3.63. The van der Waals surface area contributed by atoms with Crippen molar-refractivity contribution in [2.45, 2.75) is 25.7 Å². The molecule has 0 aliphatic carbocycles. The highest BCUT2D eigenvalue weighted by molar-refractivity contribution is 8.13. The Hall–Kier alpha value is -1.08. The summed E-state index contributed by atoms with van der Waals surface area (Å²) in [5.41, 5.74) is 1.89. The average molecular weight is 313 g/mol. The SMILES string of the molecule is COC(CCCSC(=O)Nc1ccccc1C)(OC)OC. The molecule has 1 N–H and O–H groups in total. The maximum Gasteiger partial charge on any atom is 0.283 e. The Morgan fingerprint density at radius 3 is 2.38 bits per heavy atom. The molecule has 1 aromatic rings. The van der Waals surface area contributed by atoms with Crippen LogP contribution in [0, 0.1) is 6.92 Å². The lowest BCUT2D eigenvalue weighted by Crippen LogP contribution is -2.36. The first-order valence-corrected chi connectivity index (χ1v) is 7.70. The second-order valence-corrected chi connectivity index (χ2v) is 5.54. The molecule has 0 heterocycles. The van der Waals surface area contributed by atoms with E-state index >= 15 is 0 Å². The third-order valence-electron chi connectivity index (χ3n) is 3.18. The summed E-state index contributed by atoms with van der Waals surface area (Å²) in [7, 11) is 4.60. The van der Waals surface area contributed by atoms with E-state index in [1.807, 2.05) is 31.2 Å². The monoisotopic (exact) mass is 313 g/mol. The topological polar surface area (TPSA) is 56.8 Å². The predicted molar refractivity (Wildman–Crippen MR) is 85.6 cm³/mol. The van der Waals surface area contributed by atoms with Crippen LogP contribution in [0.5, 0.6) is 0 Å². The van der Waals surface area contributed by atoms with Crippen LogP contribution in [-0.4, -0.2) is 38.3 Å². The molecule has 0 bridgehead atoms. The highest BCUT2D eigenvalue weighted by Crippen LogP contribution is 2.22. The molecule has 0 unspecified atom stereocenters. The number of aryl methyl sites for hydroxylation is 1. The molecule has 118 valence electrons. The first kappa shape index (κ1) is 18.0. The summed E-state index contributed by atoms with van der Waals surface area (Å²) in [6, 6.07) is 7.69. The Labute approximate surface area is 130 Å². The molecule has 0 saturated heterocycles. The first-order valence-electron chi connectivity index (χ1n) is 6.71. The van der Waals surface area contributed by atoms with Crippen LogP contribution in [-0.2, 0) is 14.2 Å². The lowest BCUT2D eigenvalue weighted by atomic mass is 10.2. The highest BCUT2D eigenvalue weighted by Gasteiger charge is 2.28. The number of nitrogens with one attached hydrogen (secondary N) is 1. The van der Waals surface area contributed by atoms with Gasteiger partial charge in [-0.1, -0.05) is 30.0 Å². The Morgan fingerprint density at radius 1 is 1.19 bits per heavy atom. The van der Waals surface area contributed by atoms with Gasteiger partial charge in [0.2, 0.25) is 0 Å². The van der Waals surface area contributed by atoms with Crippen LogP contribution in [0.1, 0.15) is 18.4 Å². The zero-order valence-corrected chi connectivity index (χ0v) is 13.8. The lowest BCUT2D eigenvalue weighted by molar-refractivity contribution is -0.354. The number of rotatable bonds is 8. The molecule has 0 aromatic heterocycles. The molecule has 0 fully saturated rings. The van der Waals surface area contributed by atoms with Gasteiger partial charge in [-0.3, -0.25) is 4.79 Å². The second kappa shape index (κ2) is 9.04. The van der Waals surface area contributed by atoms with E-state index in [0.717, 1.165) is 17.7 Å². The molecule has 5 nitrogen and oxygen atoms in total. The molecule has 1 aromatic carbocycles. The molecule has 21 heavy (non-hydrogen) atoms. The third kappa shape index (κ3) is 5.67. The van der Waals surface area contributed by atoms with E-state index in [1.54, 1.807) is 0 Å².